The standard InChI is InChI=1S/C22H23N3O2/c1-14(17-11-21(26)23-12-17)27-20-10-16(15-5-3-2-4-6-15)9-19-22(20)25(13-24-19)18-7-8-18/h2-6,9-10,13-14,17-18H,7-8,11-12H2,1H3,(H,23,26). The maximum absolute atomic E-state index is 11.6. The molecule has 2 unspecified atom stereocenters. The van der Waals surface area contributed by atoms with E-state index in [1.807, 2.05) is 24.5 Å². The number of rotatable bonds is 5. The Morgan fingerprint density at radius 3 is 2.70 bits per heavy atom. The molecular formula is C22H23N3O2. The van der Waals surface area contributed by atoms with Gasteiger partial charge in [0.1, 0.15) is 17.4 Å². The van der Waals surface area contributed by atoms with Crippen LogP contribution in [0.2, 0.25) is 0 Å². The molecule has 2 aromatic carbocycles. The number of carbonyl (C=O) groups is 1. The first-order chi connectivity index (χ1) is 13.2. The second-order valence-electron chi connectivity index (χ2n) is 7.68. The molecule has 3 aromatic rings. The maximum atomic E-state index is 11.6. The van der Waals surface area contributed by atoms with Crippen LogP contribution in [0.15, 0.2) is 48.8 Å². The Hall–Kier alpha value is -2.82. The number of benzene rings is 2. The van der Waals surface area contributed by atoms with Crippen molar-refractivity contribution < 1.29 is 9.53 Å². The lowest BCUT2D eigenvalue weighted by Crippen LogP contribution is -2.25. The number of imidazole rings is 1. The van der Waals surface area contributed by atoms with E-state index < -0.39 is 0 Å². The highest BCUT2D eigenvalue weighted by Crippen LogP contribution is 2.41. The van der Waals surface area contributed by atoms with E-state index in [2.05, 4.69) is 46.1 Å². The molecule has 1 N–H and O–H groups in total. The molecule has 5 heteroatoms. The van der Waals surface area contributed by atoms with Gasteiger partial charge in [0, 0.05) is 24.9 Å². The van der Waals surface area contributed by atoms with Crippen molar-refractivity contribution in [3.63, 3.8) is 0 Å². The van der Waals surface area contributed by atoms with Crippen LogP contribution >= 0.6 is 0 Å². The van der Waals surface area contributed by atoms with Crippen LogP contribution in [0.1, 0.15) is 32.2 Å². The van der Waals surface area contributed by atoms with Crippen molar-refractivity contribution >= 4 is 16.9 Å². The van der Waals surface area contributed by atoms with E-state index >= 15 is 0 Å². The summed E-state index contributed by atoms with van der Waals surface area (Å²) in [6, 6.07) is 15.1. The van der Waals surface area contributed by atoms with Gasteiger partial charge in [-0.1, -0.05) is 30.3 Å². The number of amides is 1. The molecule has 5 rings (SSSR count). The Kier molecular flexibility index (Phi) is 3.88. The molecule has 1 amide bonds. The average molecular weight is 361 g/mol. The van der Waals surface area contributed by atoms with Gasteiger partial charge < -0.3 is 14.6 Å². The van der Waals surface area contributed by atoms with Crippen LogP contribution in [0.5, 0.6) is 5.75 Å². The van der Waals surface area contributed by atoms with Gasteiger partial charge in [-0.05, 0) is 43.0 Å². The lowest BCUT2D eigenvalue weighted by atomic mass is 10.0. The lowest BCUT2D eigenvalue weighted by Gasteiger charge is -2.21. The monoisotopic (exact) mass is 361 g/mol. The highest BCUT2D eigenvalue weighted by Gasteiger charge is 2.30. The van der Waals surface area contributed by atoms with Crippen LogP contribution in [0.25, 0.3) is 22.2 Å². The second kappa shape index (κ2) is 6.41. The van der Waals surface area contributed by atoms with Gasteiger partial charge in [0.25, 0.3) is 0 Å². The molecule has 5 nitrogen and oxygen atoms in total. The number of nitrogens with one attached hydrogen (secondary N) is 1. The largest absolute Gasteiger partial charge is 0.488 e. The highest BCUT2D eigenvalue weighted by molar-refractivity contribution is 5.88. The molecule has 2 atom stereocenters. The molecule has 1 aliphatic heterocycles. The summed E-state index contributed by atoms with van der Waals surface area (Å²) in [7, 11) is 0. The zero-order valence-corrected chi connectivity index (χ0v) is 15.4. The minimum Gasteiger partial charge on any atom is -0.488 e. The van der Waals surface area contributed by atoms with E-state index in [1.54, 1.807) is 0 Å². The van der Waals surface area contributed by atoms with Crippen molar-refractivity contribution in [3.05, 3.63) is 48.8 Å². The maximum Gasteiger partial charge on any atom is 0.220 e. The Labute approximate surface area is 158 Å². The van der Waals surface area contributed by atoms with E-state index in [1.165, 1.54) is 12.8 Å². The third-order valence-corrected chi connectivity index (χ3v) is 5.67. The van der Waals surface area contributed by atoms with Crippen LogP contribution in [-0.2, 0) is 4.79 Å². The van der Waals surface area contributed by atoms with Crippen LogP contribution in [0, 0.1) is 5.92 Å². The molecule has 0 bridgehead atoms. The fourth-order valence-corrected chi connectivity index (χ4v) is 3.91. The van der Waals surface area contributed by atoms with Gasteiger partial charge in [0.15, 0.2) is 0 Å². The third kappa shape index (κ3) is 3.07. The summed E-state index contributed by atoms with van der Waals surface area (Å²) in [6.07, 6.45) is 4.82. The zero-order chi connectivity index (χ0) is 18.4. The highest BCUT2D eigenvalue weighted by atomic mass is 16.5. The normalized spacial score (nSPS) is 20.6. The number of carbonyl (C=O) groups excluding carboxylic acids is 1. The number of hydrogen-bond acceptors (Lipinski definition) is 3. The fraction of sp³-hybridized carbons (Fsp3) is 0.364. The molecule has 1 saturated heterocycles. The van der Waals surface area contributed by atoms with Crippen LogP contribution in [0.3, 0.4) is 0 Å². The molecule has 0 radical (unpaired) electrons. The number of nitrogens with zero attached hydrogens (tertiary/aromatic N) is 2. The van der Waals surface area contributed by atoms with Crippen LogP contribution in [0.4, 0.5) is 0 Å². The van der Waals surface area contributed by atoms with Crippen molar-refractivity contribution in [2.75, 3.05) is 6.54 Å². The molecule has 1 aliphatic carbocycles. The Balaban J connectivity index is 1.57. The Morgan fingerprint density at radius 2 is 2.00 bits per heavy atom. The number of hydrogen-bond donors (Lipinski definition) is 1. The summed E-state index contributed by atoms with van der Waals surface area (Å²) < 4.78 is 8.70. The molecule has 2 heterocycles. The predicted octanol–water partition coefficient (Wildman–Crippen LogP) is 3.94. The van der Waals surface area contributed by atoms with Crippen molar-refractivity contribution in [2.24, 2.45) is 5.92 Å². The molecule has 1 aromatic heterocycles. The molecule has 0 spiro atoms. The smallest absolute Gasteiger partial charge is 0.220 e. The number of ether oxygens (including phenoxy) is 1. The van der Waals surface area contributed by atoms with Crippen molar-refractivity contribution in [1.82, 2.24) is 14.9 Å². The van der Waals surface area contributed by atoms with E-state index in [-0.39, 0.29) is 17.9 Å². The summed E-state index contributed by atoms with van der Waals surface area (Å²) in [4.78, 5) is 16.3. The van der Waals surface area contributed by atoms with Crippen LogP contribution in [-0.4, -0.2) is 28.1 Å². The second-order valence-corrected chi connectivity index (χ2v) is 7.68. The zero-order valence-electron chi connectivity index (χ0n) is 15.4. The first-order valence-corrected chi connectivity index (χ1v) is 9.68. The number of fused-ring (bicyclic) bond motifs is 1. The van der Waals surface area contributed by atoms with E-state index in [0.29, 0.717) is 19.0 Å². The first-order valence-electron chi connectivity index (χ1n) is 9.68. The minimum atomic E-state index is -0.0410. The molecule has 2 aliphatic rings. The molecule has 138 valence electrons. The van der Waals surface area contributed by atoms with Crippen molar-refractivity contribution in [1.29, 1.82) is 0 Å². The van der Waals surface area contributed by atoms with Gasteiger partial charge in [0.05, 0.1) is 11.8 Å². The summed E-state index contributed by atoms with van der Waals surface area (Å²) in [5.41, 5.74) is 4.29. The van der Waals surface area contributed by atoms with Gasteiger partial charge in [-0.25, -0.2) is 4.98 Å². The molecule has 27 heavy (non-hydrogen) atoms. The van der Waals surface area contributed by atoms with E-state index in [0.717, 1.165) is 27.9 Å². The Bertz CT molecular complexity index is 991. The van der Waals surface area contributed by atoms with E-state index in [4.69, 9.17) is 4.74 Å². The lowest BCUT2D eigenvalue weighted by molar-refractivity contribution is -0.119. The van der Waals surface area contributed by atoms with E-state index in [9.17, 15) is 4.79 Å². The van der Waals surface area contributed by atoms with Gasteiger partial charge in [-0.15, -0.1) is 0 Å². The minimum absolute atomic E-state index is 0.0410. The quantitative estimate of drug-likeness (QED) is 0.749. The summed E-state index contributed by atoms with van der Waals surface area (Å²) in [5, 5.41) is 2.91. The van der Waals surface area contributed by atoms with Gasteiger partial charge >= 0.3 is 0 Å². The van der Waals surface area contributed by atoms with Crippen molar-refractivity contribution in [3.8, 4) is 16.9 Å². The van der Waals surface area contributed by atoms with Crippen LogP contribution < -0.4 is 10.1 Å². The molecular weight excluding hydrogens is 338 g/mol. The van der Waals surface area contributed by atoms with Gasteiger partial charge in [0.2, 0.25) is 5.91 Å². The summed E-state index contributed by atoms with van der Waals surface area (Å²) in [6.45, 7) is 2.74. The third-order valence-electron chi connectivity index (χ3n) is 5.67. The Morgan fingerprint density at radius 1 is 1.19 bits per heavy atom. The summed E-state index contributed by atoms with van der Waals surface area (Å²) in [5.74, 6) is 1.18. The molecule has 1 saturated carbocycles. The fourth-order valence-electron chi connectivity index (χ4n) is 3.91. The number of aromatic nitrogens is 2. The summed E-state index contributed by atoms with van der Waals surface area (Å²) >= 11 is 0. The van der Waals surface area contributed by atoms with Crippen molar-refractivity contribution in [2.45, 2.75) is 38.3 Å². The first kappa shape index (κ1) is 16.4. The SMILES string of the molecule is CC(Oc1cc(-c2ccccc2)cc2ncn(C3CC3)c12)C1CNC(=O)C1. The van der Waals surface area contributed by atoms with Gasteiger partial charge in [-0.2, -0.15) is 0 Å². The molecule has 2 fully saturated rings. The predicted molar refractivity (Wildman–Crippen MR) is 105 cm³/mol. The average Bonchev–Trinajstić information content (AvgIpc) is 3.28. The van der Waals surface area contributed by atoms with Gasteiger partial charge in [-0.3, -0.25) is 4.79 Å². The topological polar surface area (TPSA) is 56.1 Å².